The van der Waals surface area contributed by atoms with E-state index in [-0.39, 0.29) is 103 Å². The molecule has 3 heterocycles. The number of methoxy groups -OCH3 is 3. The molecule has 1 saturated carbocycles. The minimum absolute atomic E-state index is 0.00287. The van der Waals surface area contributed by atoms with Crippen LogP contribution in [0.15, 0.2) is 120 Å². The molecule has 16 atom stereocenters. The van der Waals surface area contributed by atoms with Crippen LogP contribution in [0.4, 0.5) is 31.4 Å². The highest BCUT2D eigenvalue weighted by Gasteiger charge is 2.53. The second-order valence-electron chi connectivity index (χ2n) is 26.4. The number of nitro groups is 3. The Morgan fingerprint density at radius 2 is 1.18 bits per heavy atom. The number of nitro benzene ring substituents is 3. The summed E-state index contributed by atoms with van der Waals surface area (Å²) in [5, 5.41) is 46.6. The number of hydrogen-bond acceptors (Lipinski definition) is 25. The van der Waals surface area contributed by atoms with Crippen LogP contribution < -0.4 is 14.2 Å². The molecule has 2 saturated heterocycles. The third-order valence-corrected chi connectivity index (χ3v) is 19.0. The predicted octanol–water partition coefficient (Wildman–Crippen LogP) is 12.4. The maximum absolute atomic E-state index is 15.3. The SMILES string of the molecule is CO[C@H]1C[C@@H]2CC[C@@H](C)[C@@](O)(O2)C(=O)C(=O)N2CCCC[C@H]2C(=O)O[C@H]([C@H](C)C[C@@H]2CC[C@@H](OC(=O)Oc3ccc([N+](=O)[O-])cc3)[C@H](OC)C2)C[C@@H](OC(=O)Oc2ccc([N+](=O)[O-])cc2)[C@H](C)/C=C(\C)[C@@H](OC(=O)Oc2ccc([N+](=O)[O-])cc2)[C@@H](OC)C(=O)[C@H](C)C[C@H](C)/C=C/C=C/C=C/1C. The number of aliphatic hydroxyl groups is 1. The first-order valence-electron chi connectivity index (χ1n) is 33.7. The van der Waals surface area contributed by atoms with Crippen LogP contribution >= 0.6 is 0 Å². The number of Topliss-reactive ketones (excluding diaryl/α,β-unsaturated/α-hetero) is 2. The lowest BCUT2D eigenvalue weighted by Crippen LogP contribution is -2.61. The van der Waals surface area contributed by atoms with Crippen LogP contribution in [0, 0.1) is 65.9 Å². The number of allylic oxidation sites excluding steroid dienone is 5. The van der Waals surface area contributed by atoms with E-state index in [9.17, 15) is 64.2 Å². The van der Waals surface area contributed by atoms with Crippen molar-refractivity contribution in [2.75, 3.05) is 27.9 Å². The molecule has 29 heteroatoms. The molecule has 3 aliphatic heterocycles. The summed E-state index contributed by atoms with van der Waals surface area (Å²) in [6, 6.07) is 12.6. The Bertz CT molecular complexity index is 3540. The van der Waals surface area contributed by atoms with Gasteiger partial charge in [0.05, 0.1) is 33.1 Å². The fourth-order valence-electron chi connectivity index (χ4n) is 13.3. The number of fused-ring (bicyclic) bond motifs is 3. The van der Waals surface area contributed by atoms with E-state index < -0.39 is 141 Å². The molecule has 0 spiro atoms. The van der Waals surface area contributed by atoms with Crippen molar-refractivity contribution in [2.24, 2.45) is 35.5 Å². The summed E-state index contributed by atoms with van der Waals surface area (Å²) in [5.74, 6) is -10.5. The number of benzene rings is 3. The molecule has 548 valence electrons. The Hall–Kier alpha value is -9.29. The van der Waals surface area contributed by atoms with Gasteiger partial charge in [0.2, 0.25) is 5.79 Å². The number of ether oxygens (including phenoxy) is 11. The number of carbonyl (C=O) groups excluding carboxylic acids is 7. The standard InChI is InChI=1S/C72H90N4O25/c1-42-16-12-11-13-17-43(2)59(91-8)40-56-27-19-48(7)72(84,101-56)66(78)67(79)73-35-15-14-18-57(73)68(80)97-60(45(4)38-49-20-34-58(62(39-49)92-9)98-69(81)94-53-28-21-50(22-29-53)74(85)86)41-61(99-70(82)95-54-30-23-51(24-31-54)75(87)88)44(3)37-47(6)64(65(93-10)63(77)46(5)36-42)100-71(83)96-55-32-25-52(26-33-55)76(89)90/h11-13,16-17,21-26,28-33,37,42,44-46,48-49,56-62,64-65,84H,14-15,18-20,27,34-36,38-41H2,1-10H3/b13-11+,16-12+,43-17+,47-37+/t42-,44-,45-,46-,48-,49+,56+,57+,58-,59+,60+,61-,62-,64-,65+,72-/m1/s1. The van der Waals surface area contributed by atoms with Crippen LogP contribution in [-0.2, 0) is 57.1 Å². The predicted molar refractivity (Wildman–Crippen MR) is 360 cm³/mol. The quantitative estimate of drug-likeness (QED) is 0.0281. The molecule has 0 unspecified atom stereocenters. The molecule has 4 aliphatic rings. The maximum Gasteiger partial charge on any atom is 0.514 e. The summed E-state index contributed by atoms with van der Waals surface area (Å²) in [7, 11) is 4.20. The number of nitrogens with zero attached hydrogens (tertiary/aromatic N) is 4. The van der Waals surface area contributed by atoms with Gasteiger partial charge in [0.1, 0.15) is 41.6 Å². The van der Waals surface area contributed by atoms with Gasteiger partial charge < -0.3 is 62.1 Å². The summed E-state index contributed by atoms with van der Waals surface area (Å²) in [5.41, 5.74) is 0.104. The summed E-state index contributed by atoms with van der Waals surface area (Å²) < 4.78 is 64.8. The Labute approximate surface area is 584 Å². The largest absolute Gasteiger partial charge is 0.514 e. The third-order valence-electron chi connectivity index (χ3n) is 19.0. The molecule has 7 rings (SSSR count). The summed E-state index contributed by atoms with van der Waals surface area (Å²) in [6.07, 6.45) is 1.23. The molecular weight excluding hydrogens is 1320 g/mol. The first-order chi connectivity index (χ1) is 48.0. The zero-order valence-corrected chi connectivity index (χ0v) is 58.3. The average molecular weight is 1410 g/mol. The van der Waals surface area contributed by atoms with Gasteiger partial charge in [-0.15, -0.1) is 0 Å². The van der Waals surface area contributed by atoms with Gasteiger partial charge in [-0.05, 0) is 143 Å². The molecule has 3 aromatic carbocycles. The van der Waals surface area contributed by atoms with Gasteiger partial charge in [0.15, 0.2) is 18.0 Å². The van der Waals surface area contributed by atoms with Gasteiger partial charge in [0, 0.05) is 94.9 Å². The zero-order valence-electron chi connectivity index (χ0n) is 58.3. The van der Waals surface area contributed by atoms with Gasteiger partial charge in [-0.2, -0.15) is 0 Å². The number of non-ortho nitro benzene ring substituents is 3. The molecular formula is C72H90N4O25. The smallest absolute Gasteiger partial charge is 0.460 e. The molecule has 1 amide bonds. The lowest BCUT2D eigenvalue weighted by atomic mass is 9.78. The van der Waals surface area contributed by atoms with Crippen molar-refractivity contribution in [3.8, 4) is 17.2 Å². The van der Waals surface area contributed by atoms with Crippen LogP contribution in [0.5, 0.6) is 17.2 Å². The van der Waals surface area contributed by atoms with E-state index in [1.54, 1.807) is 39.8 Å². The monoisotopic (exact) mass is 1410 g/mol. The third kappa shape index (κ3) is 21.9. The van der Waals surface area contributed by atoms with Crippen molar-refractivity contribution < 1.29 is 106 Å². The number of piperidine rings is 1. The second-order valence-corrected chi connectivity index (χ2v) is 26.4. The van der Waals surface area contributed by atoms with Crippen molar-refractivity contribution in [3.05, 3.63) is 151 Å². The minimum atomic E-state index is -2.60. The molecule has 0 aromatic heterocycles. The van der Waals surface area contributed by atoms with E-state index in [4.69, 9.17) is 52.1 Å². The van der Waals surface area contributed by atoms with Crippen LogP contribution in [-0.4, -0.2) is 155 Å². The second kappa shape index (κ2) is 36.9. The molecule has 29 nitrogen and oxygen atoms in total. The fraction of sp³-hybridized carbons (Fsp3) is 0.542. The topological polar surface area (TPSA) is 374 Å². The van der Waals surface area contributed by atoms with E-state index in [0.717, 1.165) is 34.7 Å². The average Bonchev–Trinajstić information content (AvgIpc) is 0.775. The van der Waals surface area contributed by atoms with Crippen molar-refractivity contribution in [3.63, 3.8) is 0 Å². The number of rotatable bonds is 15. The summed E-state index contributed by atoms with van der Waals surface area (Å²) in [6.45, 7) is 11.9. The Balaban J connectivity index is 1.30. The van der Waals surface area contributed by atoms with E-state index in [0.29, 0.717) is 32.1 Å². The highest BCUT2D eigenvalue weighted by molar-refractivity contribution is 6.39. The Morgan fingerprint density at radius 3 is 1.71 bits per heavy atom. The lowest BCUT2D eigenvalue weighted by molar-refractivity contribution is -0.385. The Kier molecular flexibility index (Phi) is 28.9. The number of carbonyl (C=O) groups is 7. The zero-order chi connectivity index (χ0) is 73.8. The molecule has 1 aliphatic carbocycles. The van der Waals surface area contributed by atoms with Gasteiger partial charge in [0.25, 0.3) is 28.8 Å². The maximum atomic E-state index is 15.3. The normalized spacial score (nSPS) is 30.4. The van der Waals surface area contributed by atoms with E-state index in [1.165, 1.54) is 82.9 Å². The van der Waals surface area contributed by atoms with E-state index >= 15 is 4.79 Å². The van der Waals surface area contributed by atoms with Gasteiger partial charge in [-0.3, -0.25) is 44.7 Å². The summed E-state index contributed by atoms with van der Waals surface area (Å²) >= 11 is 0. The fourth-order valence-corrected chi connectivity index (χ4v) is 13.3. The first kappa shape index (κ1) is 79.0. The summed E-state index contributed by atoms with van der Waals surface area (Å²) in [4.78, 5) is 134. The number of hydrogen-bond donors (Lipinski definition) is 1. The number of cyclic esters (lactones) is 1. The molecule has 2 bridgehead atoms. The highest BCUT2D eigenvalue weighted by Crippen LogP contribution is 2.40. The Morgan fingerprint density at radius 1 is 0.624 bits per heavy atom. The molecule has 0 radical (unpaired) electrons. The first-order valence-corrected chi connectivity index (χ1v) is 33.7. The van der Waals surface area contributed by atoms with E-state index in [2.05, 4.69) is 0 Å². The van der Waals surface area contributed by atoms with Gasteiger partial charge in [-0.1, -0.05) is 71.1 Å². The molecule has 1 N–H and O–H groups in total. The van der Waals surface area contributed by atoms with Crippen molar-refractivity contribution in [2.45, 2.75) is 186 Å². The molecule has 3 fully saturated rings. The number of esters is 1. The minimum Gasteiger partial charge on any atom is -0.460 e. The van der Waals surface area contributed by atoms with Crippen LogP contribution in [0.3, 0.4) is 0 Å². The van der Waals surface area contributed by atoms with Crippen LogP contribution in [0.1, 0.15) is 126 Å². The molecule has 3 aromatic rings. The van der Waals surface area contributed by atoms with E-state index in [1.807, 2.05) is 32.1 Å². The molecule has 101 heavy (non-hydrogen) atoms. The van der Waals surface area contributed by atoms with Crippen molar-refractivity contribution in [1.29, 1.82) is 0 Å². The highest BCUT2D eigenvalue weighted by atomic mass is 16.7. The van der Waals surface area contributed by atoms with Gasteiger partial charge in [-0.25, -0.2) is 19.2 Å². The van der Waals surface area contributed by atoms with Crippen LogP contribution in [0.25, 0.3) is 0 Å². The van der Waals surface area contributed by atoms with Gasteiger partial charge >= 0.3 is 24.4 Å². The lowest BCUT2D eigenvalue weighted by Gasteiger charge is -2.43. The number of amides is 1. The van der Waals surface area contributed by atoms with Crippen molar-refractivity contribution >= 4 is 59.0 Å². The van der Waals surface area contributed by atoms with Crippen molar-refractivity contribution in [1.82, 2.24) is 4.90 Å². The van der Waals surface area contributed by atoms with Crippen LogP contribution in [0.2, 0.25) is 0 Å². The number of ketones is 2.